The number of amides is 1. The Bertz CT molecular complexity index is 758. The molecule has 6 nitrogen and oxygen atoms in total. The quantitative estimate of drug-likeness (QED) is 0.891. The third-order valence-corrected chi connectivity index (χ3v) is 4.81. The summed E-state index contributed by atoms with van der Waals surface area (Å²) in [6.45, 7) is 2.29. The minimum Gasteiger partial charge on any atom is -0.506 e. The van der Waals surface area contributed by atoms with Crippen LogP contribution in [-0.4, -0.2) is 45.7 Å². The fraction of sp³-hybridized carbons (Fsp3) is 0.368. The van der Waals surface area contributed by atoms with Gasteiger partial charge in [0.1, 0.15) is 17.1 Å². The molecule has 1 aliphatic rings. The van der Waals surface area contributed by atoms with Crippen LogP contribution in [0.25, 0.3) is 0 Å². The smallest absolute Gasteiger partial charge is 0.255 e. The Morgan fingerprint density at radius 3 is 2.68 bits per heavy atom. The zero-order chi connectivity index (χ0) is 18.0. The van der Waals surface area contributed by atoms with Crippen molar-refractivity contribution in [2.75, 3.05) is 13.7 Å². The van der Waals surface area contributed by atoms with E-state index in [1.807, 2.05) is 12.1 Å². The standard InChI is InChI=1S/C19H22N2O4/c1-19(24,14-5-7-16(25-2)8-6-14)17-4-3-9-21(17)18(23)13-10-15(22)12-20-11-13/h5-8,10-12,17,22,24H,3-4,9H2,1-2H3. The minimum atomic E-state index is -1.19. The minimum absolute atomic E-state index is 0.0523. The molecule has 2 aromatic rings. The summed E-state index contributed by atoms with van der Waals surface area (Å²) in [5.41, 5.74) is -0.146. The Kier molecular flexibility index (Phi) is 4.63. The molecule has 1 amide bonds. The Labute approximate surface area is 146 Å². The van der Waals surface area contributed by atoms with Gasteiger partial charge in [-0.2, -0.15) is 0 Å². The molecular formula is C19H22N2O4. The number of aliphatic hydroxyl groups is 1. The van der Waals surface area contributed by atoms with Crippen LogP contribution >= 0.6 is 0 Å². The first-order valence-corrected chi connectivity index (χ1v) is 8.25. The molecule has 1 aliphatic heterocycles. The first-order valence-electron chi connectivity index (χ1n) is 8.25. The number of carbonyl (C=O) groups is 1. The molecule has 1 fully saturated rings. The van der Waals surface area contributed by atoms with Crippen LogP contribution in [0, 0.1) is 0 Å². The van der Waals surface area contributed by atoms with Crippen molar-refractivity contribution in [3.63, 3.8) is 0 Å². The van der Waals surface area contributed by atoms with Crippen LogP contribution in [0.5, 0.6) is 11.5 Å². The van der Waals surface area contributed by atoms with Crippen molar-refractivity contribution < 1.29 is 19.7 Å². The maximum Gasteiger partial charge on any atom is 0.255 e. The van der Waals surface area contributed by atoms with Crippen molar-refractivity contribution in [1.29, 1.82) is 0 Å². The highest BCUT2D eigenvalue weighted by atomic mass is 16.5. The molecule has 25 heavy (non-hydrogen) atoms. The molecule has 2 heterocycles. The monoisotopic (exact) mass is 342 g/mol. The summed E-state index contributed by atoms with van der Waals surface area (Å²) in [7, 11) is 1.59. The highest BCUT2D eigenvalue weighted by Gasteiger charge is 2.42. The zero-order valence-corrected chi connectivity index (χ0v) is 14.3. The Morgan fingerprint density at radius 2 is 2.04 bits per heavy atom. The summed E-state index contributed by atoms with van der Waals surface area (Å²) in [6, 6.07) is 8.27. The maximum atomic E-state index is 12.8. The highest BCUT2D eigenvalue weighted by Crippen LogP contribution is 2.36. The molecule has 1 aromatic carbocycles. The Morgan fingerprint density at radius 1 is 1.32 bits per heavy atom. The number of ether oxygens (including phenoxy) is 1. The first kappa shape index (κ1) is 17.2. The molecular weight excluding hydrogens is 320 g/mol. The van der Waals surface area contributed by atoms with Crippen molar-refractivity contribution in [3.8, 4) is 11.5 Å². The van der Waals surface area contributed by atoms with E-state index in [9.17, 15) is 15.0 Å². The van der Waals surface area contributed by atoms with Crippen LogP contribution in [0.3, 0.4) is 0 Å². The van der Waals surface area contributed by atoms with Gasteiger partial charge in [-0.25, -0.2) is 0 Å². The lowest BCUT2D eigenvalue weighted by Gasteiger charge is -2.37. The molecule has 0 spiro atoms. The largest absolute Gasteiger partial charge is 0.506 e. The highest BCUT2D eigenvalue weighted by molar-refractivity contribution is 5.94. The molecule has 2 unspecified atom stereocenters. The number of aromatic hydroxyl groups is 1. The fourth-order valence-electron chi connectivity index (χ4n) is 3.43. The summed E-state index contributed by atoms with van der Waals surface area (Å²) in [5, 5.41) is 20.7. The van der Waals surface area contributed by atoms with Crippen LogP contribution in [-0.2, 0) is 5.60 Å². The molecule has 0 radical (unpaired) electrons. The number of benzene rings is 1. The van der Waals surface area contributed by atoms with E-state index < -0.39 is 5.60 Å². The number of aromatic nitrogens is 1. The molecule has 0 aliphatic carbocycles. The van der Waals surface area contributed by atoms with Crippen molar-refractivity contribution in [2.45, 2.75) is 31.4 Å². The Hall–Kier alpha value is -2.60. The summed E-state index contributed by atoms with van der Waals surface area (Å²) in [6.07, 6.45) is 4.23. The SMILES string of the molecule is COc1ccc(C(C)(O)C2CCCN2C(=O)c2cncc(O)c2)cc1. The van der Waals surface area contributed by atoms with Gasteiger partial charge in [0.15, 0.2) is 0 Å². The molecule has 3 rings (SSSR count). The fourth-order valence-corrected chi connectivity index (χ4v) is 3.43. The van der Waals surface area contributed by atoms with E-state index in [2.05, 4.69) is 4.98 Å². The number of nitrogens with zero attached hydrogens (tertiary/aromatic N) is 2. The summed E-state index contributed by atoms with van der Waals surface area (Å²) in [4.78, 5) is 18.4. The lowest BCUT2D eigenvalue weighted by molar-refractivity contribution is -0.0177. The first-order chi connectivity index (χ1) is 11.9. The van der Waals surface area contributed by atoms with Gasteiger partial charge < -0.3 is 19.8 Å². The molecule has 1 aromatic heterocycles. The summed E-state index contributed by atoms with van der Waals surface area (Å²) in [5.74, 6) is 0.424. The number of hydrogen-bond donors (Lipinski definition) is 2. The molecule has 2 N–H and O–H groups in total. The number of carbonyl (C=O) groups excluding carboxylic acids is 1. The van der Waals surface area contributed by atoms with Gasteiger partial charge >= 0.3 is 0 Å². The van der Waals surface area contributed by atoms with Crippen molar-refractivity contribution >= 4 is 5.91 Å². The van der Waals surface area contributed by atoms with Gasteiger partial charge in [0.25, 0.3) is 5.91 Å². The second-order valence-electron chi connectivity index (χ2n) is 6.46. The normalized spacial score (nSPS) is 19.5. The van der Waals surface area contributed by atoms with Gasteiger partial charge in [-0.3, -0.25) is 9.78 Å². The van der Waals surface area contributed by atoms with Crippen molar-refractivity contribution in [2.24, 2.45) is 0 Å². The number of likely N-dealkylation sites (tertiary alicyclic amines) is 1. The molecule has 6 heteroatoms. The van der Waals surface area contributed by atoms with E-state index in [-0.39, 0.29) is 17.7 Å². The average molecular weight is 342 g/mol. The van der Waals surface area contributed by atoms with Crippen LogP contribution in [0.2, 0.25) is 0 Å². The second kappa shape index (κ2) is 6.72. The average Bonchev–Trinajstić information content (AvgIpc) is 3.11. The predicted octanol–water partition coefficient (Wildman–Crippen LogP) is 2.31. The Balaban J connectivity index is 1.87. The molecule has 1 saturated heterocycles. The number of rotatable bonds is 4. The summed E-state index contributed by atoms with van der Waals surface area (Å²) < 4.78 is 5.16. The predicted molar refractivity (Wildman–Crippen MR) is 92.5 cm³/mol. The number of methoxy groups -OCH3 is 1. The molecule has 0 saturated carbocycles. The lowest BCUT2D eigenvalue weighted by Crippen LogP contribution is -2.48. The molecule has 2 atom stereocenters. The van der Waals surface area contributed by atoms with Gasteiger partial charge in [0.2, 0.25) is 0 Å². The van der Waals surface area contributed by atoms with E-state index in [1.165, 1.54) is 18.5 Å². The van der Waals surface area contributed by atoms with Gasteiger partial charge in [0.05, 0.1) is 24.9 Å². The van der Waals surface area contributed by atoms with E-state index in [0.29, 0.717) is 24.3 Å². The number of pyridine rings is 1. The molecule has 0 bridgehead atoms. The van der Waals surface area contributed by atoms with E-state index in [0.717, 1.165) is 12.0 Å². The van der Waals surface area contributed by atoms with E-state index >= 15 is 0 Å². The zero-order valence-electron chi connectivity index (χ0n) is 14.3. The second-order valence-corrected chi connectivity index (χ2v) is 6.46. The van der Waals surface area contributed by atoms with Crippen LogP contribution in [0.4, 0.5) is 0 Å². The molecule has 132 valence electrons. The van der Waals surface area contributed by atoms with Crippen LogP contribution < -0.4 is 4.74 Å². The van der Waals surface area contributed by atoms with Crippen LogP contribution in [0.1, 0.15) is 35.7 Å². The van der Waals surface area contributed by atoms with Gasteiger partial charge in [-0.05, 0) is 43.5 Å². The van der Waals surface area contributed by atoms with Gasteiger partial charge in [-0.1, -0.05) is 12.1 Å². The van der Waals surface area contributed by atoms with Crippen molar-refractivity contribution in [3.05, 3.63) is 53.9 Å². The van der Waals surface area contributed by atoms with Gasteiger partial charge in [0, 0.05) is 12.7 Å². The van der Waals surface area contributed by atoms with Crippen LogP contribution in [0.15, 0.2) is 42.7 Å². The topological polar surface area (TPSA) is 82.9 Å². The van der Waals surface area contributed by atoms with Gasteiger partial charge in [-0.15, -0.1) is 0 Å². The van der Waals surface area contributed by atoms with Crippen molar-refractivity contribution in [1.82, 2.24) is 9.88 Å². The van der Waals surface area contributed by atoms with E-state index in [1.54, 1.807) is 31.1 Å². The summed E-state index contributed by atoms with van der Waals surface area (Å²) >= 11 is 0. The number of hydrogen-bond acceptors (Lipinski definition) is 5. The lowest BCUT2D eigenvalue weighted by atomic mass is 9.86. The maximum absolute atomic E-state index is 12.8. The van der Waals surface area contributed by atoms with E-state index in [4.69, 9.17) is 4.74 Å². The third-order valence-electron chi connectivity index (χ3n) is 4.81. The third kappa shape index (κ3) is 3.30.